The minimum atomic E-state index is -4.48. The Morgan fingerprint density at radius 3 is 1.67 bits per heavy atom. The summed E-state index contributed by atoms with van der Waals surface area (Å²) in [7, 11) is 0. The molecule has 2 aliphatic carbocycles. The van der Waals surface area contributed by atoms with Crippen LogP contribution < -0.4 is 0 Å². The van der Waals surface area contributed by atoms with Crippen LogP contribution in [0.25, 0.3) is 0 Å². The zero-order valence-electron chi connectivity index (χ0n) is 22.8. The SMILES string of the molecule is CC#N.CCCN(CCCc1c(C2(C(F)(F)F)CCC2)cccc1C1(C(F)(F)F)CCC1)Cc1ccccc1. The molecule has 39 heavy (non-hydrogen) atoms. The van der Waals surface area contributed by atoms with E-state index in [1.54, 1.807) is 6.07 Å². The Bertz CT molecular complexity index is 1040. The zero-order chi connectivity index (χ0) is 28.7. The summed E-state index contributed by atoms with van der Waals surface area (Å²) in [6.07, 6.45) is -6.65. The molecule has 8 heteroatoms. The zero-order valence-corrected chi connectivity index (χ0v) is 22.8. The Balaban J connectivity index is 0.00000134. The lowest BCUT2D eigenvalue weighted by molar-refractivity contribution is -0.215. The van der Waals surface area contributed by atoms with Crippen molar-refractivity contribution in [2.24, 2.45) is 0 Å². The molecule has 0 radical (unpaired) electrons. The quantitative estimate of drug-likeness (QED) is 0.275. The molecule has 0 heterocycles. The van der Waals surface area contributed by atoms with Crippen LogP contribution in [-0.4, -0.2) is 30.3 Å². The van der Waals surface area contributed by atoms with Crippen LogP contribution >= 0.6 is 0 Å². The maximum Gasteiger partial charge on any atom is 0.398 e. The third-order valence-corrected chi connectivity index (χ3v) is 8.40. The highest BCUT2D eigenvalue weighted by Gasteiger charge is 2.63. The van der Waals surface area contributed by atoms with Gasteiger partial charge in [-0.2, -0.15) is 31.6 Å². The fourth-order valence-electron chi connectivity index (χ4n) is 6.13. The fourth-order valence-corrected chi connectivity index (χ4v) is 6.13. The van der Waals surface area contributed by atoms with Gasteiger partial charge in [0.1, 0.15) is 0 Å². The van der Waals surface area contributed by atoms with Crippen molar-refractivity contribution in [2.75, 3.05) is 13.1 Å². The monoisotopic (exact) mass is 552 g/mol. The van der Waals surface area contributed by atoms with Crippen LogP contribution in [0.15, 0.2) is 48.5 Å². The molecule has 2 nitrogen and oxygen atoms in total. The van der Waals surface area contributed by atoms with Crippen LogP contribution in [0.3, 0.4) is 0 Å². The molecule has 2 fully saturated rings. The highest BCUT2D eigenvalue weighted by Crippen LogP contribution is 2.59. The summed E-state index contributed by atoms with van der Waals surface area (Å²) in [6, 6.07) is 16.0. The molecule has 0 saturated heterocycles. The van der Waals surface area contributed by atoms with E-state index in [1.165, 1.54) is 25.1 Å². The highest BCUT2D eigenvalue weighted by atomic mass is 19.4. The number of hydrogen-bond donors (Lipinski definition) is 0. The lowest BCUT2D eigenvalue weighted by Gasteiger charge is -2.48. The molecule has 0 unspecified atom stereocenters. The number of alkyl halides is 6. The first-order chi connectivity index (χ1) is 18.5. The Morgan fingerprint density at radius 1 is 0.795 bits per heavy atom. The molecular weight excluding hydrogens is 514 g/mol. The van der Waals surface area contributed by atoms with Gasteiger partial charge in [0.05, 0.1) is 16.9 Å². The molecule has 0 aliphatic heterocycles. The first-order valence-electron chi connectivity index (χ1n) is 13.8. The predicted molar refractivity (Wildman–Crippen MR) is 141 cm³/mol. The van der Waals surface area contributed by atoms with Gasteiger partial charge >= 0.3 is 12.4 Å². The fraction of sp³-hybridized carbons (Fsp3) is 0.581. The molecule has 2 aromatic carbocycles. The normalized spacial score (nSPS) is 17.8. The van der Waals surface area contributed by atoms with Crippen LogP contribution in [0.4, 0.5) is 26.3 Å². The van der Waals surface area contributed by atoms with Gasteiger partial charge in [-0.3, -0.25) is 4.90 Å². The van der Waals surface area contributed by atoms with Gasteiger partial charge in [-0.1, -0.05) is 68.3 Å². The van der Waals surface area contributed by atoms with Gasteiger partial charge in [0.2, 0.25) is 0 Å². The first-order valence-corrected chi connectivity index (χ1v) is 13.8. The second-order valence-corrected chi connectivity index (χ2v) is 10.8. The molecular formula is C31H38F6N2. The van der Waals surface area contributed by atoms with Crippen LogP contribution in [0.5, 0.6) is 0 Å². The average molecular weight is 553 g/mol. The van der Waals surface area contributed by atoms with E-state index in [0.29, 0.717) is 37.9 Å². The number of halogens is 6. The third kappa shape index (κ3) is 6.45. The Kier molecular flexibility index (Phi) is 10.1. The Hall–Kier alpha value is -2.53. The summed E-state index contributed by atoms with van der Waals surface area (Å²) in [5, 5.41) is 7.32. The van der Waals surface area contributed by atoms with E-state index in [4.69, 9.17) is 5.26 Å². The van der Waals surface area contributed by atoms with Crippen LogP contribution in [0, 0.1) is 11.3 Å². The topological polar surface area (TPSA) is 27.0 Å². The molecule has 0 atom stereocenters. The molecule has 2 aromatic rings. The highest BCUT2D eigenvalue weighted by molar-refractivity contribution is 5.48. The van der Waals surface area contributed by atoms with Crippen molar-refractivity contribution in [1.29, 1.82) is 5.26 Å². The predicted octanol–water partition coefficient (Wildman–Crippen LogP) is 9.03. The molecule has 2 saturated carbocycles. The smallest absolute Gasteiger partial charge is 0.299 e. The largest absolute Gasteiger partial charge is 0.398 e. The van der Waals surface area contributed by atoms with Crippen molar-refractivity contribution >= 4 is 0 Å². The van der Waals surface area contributed by atoms with Crippen molar-refractivity contribution in [3.05, 3.63) is 70.8 Å². The third-order valence-electron chi connectivity index (χ3n) is 8.40. The molecule has 0 spiro atoms. The number of nitrogens with zero attached hydrogens (tertiary/aromatic N) is 2. The van der Waals surface area contributed by atoms with Gasteiger partial charge in [-0.25, -0.2) is 0 Å². The summed E-state index contributed by atoms with van der Waals surface area (Å²) in [5.74, 6) is 0. The Labute approximate surface area is 228 Å². The van der Waals surface area contributed by atoms with Crippen LogP contribution in [-0.2, 0) is 23.8 Å². The number of rotatable bonds is 10. The standard InChI is InChI=1S/C29H35F6N.C2H3N/c1-2-19-36(21-22-10-4-3-5-11-22)20-7-12-23-24(26(15-8-16-26)28(30,31)32)13-6-14-25(23)27(17-9-18-27)29(33,34)35;1-2-3/h3-6,10-11,13-14H,2,7-9,12,15-21H2,1H3;1H3. The van der Waals surface area contributed by atoms with E-state index in [-0.39, 0.29) is 43.2 Å². The average Bonchev–Trinajstić information content (AvgIpc) is 2.78. The molecule has 2 aliphatic rings. The molecule has 4 rings (SSSR count). The number of benzene rings is 2. The summed E-state index contributed by atoms with van der Waals surface area (Å²) < 4.78 is 86.1. The second kappa shape index (κ2) is 12.8. The molecule has 0 N–H and O–H groups in total. The van der Waals surface area contributed by atoms with E-state index in [1.807, 2.05) is 30.3 Å². The second-order valence-electron chi connectivity index (χ2n) is 10.8. The summed E-state index contributed by atoms with van der Waals surface area (Å²) in [4.78, 5) is 2.24. The van der Waals surface area contributed by atoms with Gasteiger partial charge in [-0.15, -0.1) is 0 Å². The molecule has 0 amide bonds. The molecule has 0 bridgehead atoms. The van der Waals surface area contributed by atoms with Gasteiger partial charge in [-0.05, 0) is 80.3 Å². The van der Waals surface area contributed by atoms with Crippen molar-refractivity contribution in [3.8, 4) is 6.07 Å². The van der Waals surface area contributed by atoms with Crippen molar-refractivity contribution in [1.82, 2.24) is 4.90 Å². The van der Waals surface area contributed by atoms with E-state index in [9.17, 15) is 26.3 Å². The van der Waals surface area contributed by atoms with Crippen LogP contribution in [0.1, 0.15) is 87.5 Å². The van der Waals surface area contributed by atoms with Gasteiger partial charge < -0.3 is 0 Å². The van der Waals surface area contributed by atoms with E-state index < -0.39 is 23.2 Å². The van der Waals surface area contributed by atoms with Crippen molar-refractivity contribution < 1.29 is 26.3 Å². The van der Waals surface area contributed by atoms with Crippen LogP contribution in [0.2, 0.25) is 0 Å². The minimum Gasteiger partial charge on any atom is -0.299 e. The molecule has 214 valence electrons. The maximum absolute atomic E-state index is 14.3. The minimum absolute atomic E-state index is 0.0536. The first kappa shape index (κ1) is 31.0. The maximum atomic E-state index is 14.3. The van der Waals surface area contributed by atoms with Gasteiger partial charge in [0, 0.05) is 13.5 Å². The van der Waals surface area contributed by atoms with E-state index in [0.717, 1.165) is 18.5 Å². The van der Waals surface area contributed by atoms with Gasteiger partial charge in [0.25, 0.3) is 0 Å². The van der Waals surface area contributed by atoms with Crippen molar-refractivity contribution in [2.45, 2.75) is 101 Å². The lowest BCUT2D eigenvalue weighted by atomic mass is 9.58. The van der Waals surface area contributed by atoms with Gasteiger partial charge in [0.15, 0.2) is 0 Å². The van der Waals surface area contributed by atoms with E-state index >= 15 is 0 Å². The number of nitriles is 1. The lowest BCUT2D eigenvalue weighted by Crippen LogP contribution is -2.51. The summed E-state index contributed by atoms with van der Waals surface area (Å²) in [5.41, 5.74) is -2.45. The number of hydrogen-bond acceptors (Lipinski definition) is 2. The summed E-state index contributed by atoms with van der Waals surface area (Å²) in [6.45, 7) is 5.65. The van der Waals surface area contributed by atoms with Crippen molar-refractivity contribution in [3.63, 3.8) is 0 Å². The Morgan fingerprint density at radius 2 is 1.28 bits per heavy atom. The van der Waals surface area contributed by atoms with E-state index in [2.05, 4.69) is 11.8 Å². The molecule has 0 aromatic heterocycles. The summed E-state index contributed by atoms with van der Waals surface area (Å²) >= 11 is 0.